The summed E-state index contributed by atoms with van der Waals surface area (Å²) < 4.78 is 24.1. The fourth-order valence-electron chi connectivity index (χ4n) is 3.65. The molecule has 5 rings (SSSR count). The lowest BCUT2D eigenvalue weighted by Crippen LogP contribution is -1.99. The highest BCUT2D eigenvalue weighted by atomic mass is 19.1. The Morgan fingerprint density at radius 2 is 1.75 bits per heavy atom. The number of methoxy groups -OCH3 is 2. The van der Waals surface area contributed by atoms with Crippen molar-refractivity contribution in [2.75, 3.05) is 25.3 Å². The summed E-state index contributed by atoms with van der Waals surface area (Å²) in [5.74, 6) is 1.99. The summed E-state index contributed by atoms with van der Waals surface area (Å²) in [6, 6.07) is 17.0. The van der Waals surface area contributed by atoms with Crippen molar-refractivity contribution in [3.05, 3.63) is 78.9 Å². The van der Waals surface area contributed by atoms with E-state index < -0.39 is 0 Å². The average molecular weight is 484 g/mol. The summed E-state index contributed by atoms with van der Waals surface area (Å²) in [5, 5.41) is 3.19. The molecule has 0 saturated heterocycles. The lowest BCUT2D eigenvalue weighted by molar-refractivity contribution is 0.415. The van der Waals surface area contributed by atoms with Crippen molar-refractivity contribution in [2.24, 2.45) is 0 Å². The van der Waals surface area contributed by atoms with Crippen LogP contribution in [-0.2, 0) is 0 Å². The lowest BCUT2D eigenvalue weighted by Gasteiger charge is -2.09. The number of pyridine rings is 1. The monoisotopic (exact) mass is 483 g/mol. The highest BCUT2D eigenvalue weighted by molar-refractivity contribution is 5.81. The van der Waals surface area contributed by atoms with Gasteiger partial charge in [0.15, 0.2) is 11.6 Å². The van der Waals surface area contributed by atoms with Crippen LogP contribution in [-0.4, -0.2) is 39.1 Å². The van der Waals surface area contributed by atoms with Gasteiger partial charge in [0.05, 0.1) is 25.6 Å². The van der Waals surface area contributed by atoms with E-state index >= 15 is 0 Å². The molecule has 0 radical (unpaired) electrons. The molecule has 0 aliphatic rings. The number of halogens is 1. The van der Waals surface area contributed by atoms with Gasteiger partial charge in [-0.25, -0.2) is 24.3 Å². The maximum Gasteiger partial charge on any atom is 0.227 e. The Balaban J connectivity index is 1.60. The number of nitrogens with one attached hydrogen (secondary N) is 2. The van der Waals surface area contributed by atoms with Crippen LogP contribution in [0, 0.1) is 5.82 Å². The molecule has 36 heavy (non-hydrogen) atoms. The summed E-state index contributed by atoms with van der Waals surface area (Å²) in [7, 11) is 3.13. The minimum atomic E-state index is -0.331. The smallest absolute Gasteiger partial charge is 0.227 e. The van der Waals surface area contributed by atoms with E-state index in [2.05, 4.69) is 20.3 Å². The maximum absolute atomic E-state index is 13.5. The number of imidazole rings is 1. The average Bonchev–Trinajstić information content (AvgIpc) is 3.35. The highest BCUT2D eigenvalue weighted by Crippen LogP contribution is 2.35. The number of hydrogen-bond donors (Lipinski definition) is 3. The summed E-state index contributed by atoms with van der Waals surface area (Å²) in [5.41, 5.74) is 9.85. The van der Waals surface area contributed by atoms with Gasteiger partial charge < -0.3 is 25.5 Å². The molecule has 4 N–H and O–H groups in total. The first-order chi connectivity index (χ1) is 17.5. The predicted octanol–water partition coefficient (Wildman–Crippen LogP) is 5.08. The molecule has 5 aromatic rings. The van der Waals surface area contributed by atoms with E-state index in [1.54, 1.807) is 43.8 Å². The quantitative estimate of drug-likeness (QED) is 0.293. The van der Waals surface area contributed by atoms with Crippen molar-refractivity contribution in [2.45, 2.75) is 0 Å². The zero-order chi connectivity index (χ0) is 25.1. The van der Waals surface area contributed by atoms with Gasteiger partial charge in [-0.2, -0.15) is 0 Å². The van der Waals surface area contributed by atoms with Gasteiger partial charge in [-0.05, 0) is 48.5 Å². The third kappa shape index (κ3) is 4.64. The second kappa shape index (κ2) is 9.71. The van der Waals surface area contributed by atoms with Crippen LogP contribution < -0.4 is 20.5 Å². The van der Waals surface area contributed by atoms with E-state index in [0.717, 1.165) is 5.69 Å². The Morgan fingerprint density at radius 3 is 2.53 bits per heavy atom. The zero-order valence-electron chi connectivity index (χ0n) is 19.5. The van der Waals surface area contributed by atoms with E-state index in [0.29, 0.717) is 51.5 Å². The van der Waals surface area contributed by atoms with Gasteiger partial charge in [-0.15, -0.1) is 0 Å². The fourth-order valence-corrected chi connectivity index (χ4v) is 3.65. The molecule has 180 valence electrons. The van der Waals surface area contributed by atoms with E-state index in [9.17, 15) is 4.39 Å². The van der Waals surface area contributed by atoms with Crippen molar-refractivity contribution in [1.29, 1.82) is 0 Å². The minimum Gasteiger partial charge on any atom is -0.497 e. The van der Waals surface area contributed by atoms with E-state index in [1.807, 2.05) is 24.3 Å². The number of aromatic amines is 1. The number of nitrogens with zero attached hydrogens (tertiary/aromatic N) is 4. The lowest BCUT2D eigenvalue weighted by atomic mass is 10.1. The van der Waals surface area contributed by atoms with Gasteiger partial charge in [0.1, 0.15) is 23.1 Å². The third-order valence-electron chi connectivity index (χ3n) is 5.43. The SMILES string of the molecule is COc1cccc(Nc2nccc(-c3[nH]c(-c4ccc(F)cc4)nc3-c3cnc(N)c(OC)c3)n2)c1. The van der Waals surface area contributed by atoms with Crippen LogP contribution in [0.1, 0.15) is 0 Å². The summed E-state index contributed by atoms with van der Waals surface area (Å²) >= 11 is 0. The molecule has 3 heterocycles. The Morgan fingerprint density at radius 1 is 0.917 bits per heavy atom. The van der Waals surface area contributed by atoms with Gasteiger partial charge in [-0.3, -0.25) is 0 Å². The first-order valence-corrected chi connectivity index (χ1v) is 10.9. The van der Waals surface area contributed by atoms with Crippen LogP contribution in [0.2, 0.25) is 0 Å². The van der Waals surface area contributed by atoms with Crippen LogP contribution in [0.15, 0.2) is 73.1 Å². The second-order valence-corrected chi connectivity index (χ2v) is 7.75. The van der Waals surface area contributed by atoms with E-state index in [1.165, 1.54) is 19.2 Å². The van der Waals surface area contributed by atoms with E-state index in [4.69, 9.17) is 25.2 Å². The number of nitrogens with two attached hydrogens (primary N) is 1. The van der Waals surface area contributed by atoms with Gasteiger partial charge >= 0.3 is 0 Å². The molecular formula is C26H22FN7O2. The van der Waals surface area contributed by atoms with Crippen molar-refractivity contribution < 1.29 is 13.9 Å². The molecular weight excluding hydrogens is 461 g/mol. The largest absolute Gasteiger partial charge is 0.497 e. The first kappa shape index (κ1) is 22.8. The molecule has 0 fully saturated rings. The van der Waals surface area contributed by atoms with Crippen LogP contribution in [0.4, 0.5) is 21.8 Å². The molecule has 2 aromatic carbocycles. The number of nitrogen functional groups attached to an aromatic ring is 1. The number of hydrogen-bond acceptors (Lipinski definition) is 8. The molecule has 0 aliphatic heterocycles. The Hall–Kier alpha value is -4.99. The molecule has 9 nitrogen and oxygen atoms in total. The van der Waals surface area contributed by atoms with Gasteiger partial charge in [0.25, 0.3) is 0 Å². The maximum atomic E-state index is 13.5. The highest BCUT2D eigenvalue weighted by Gasteiger charge is 2.19. The number of rotatable bonds is 7. The molecule has 0 atom stereocenters. The standard InChI is InChI=1S/C26H22FN7O2/c1-35-19-5-3-4-18(13-19)31-26-29-11-10-20(32-26)23-22(16-12-21(36-2)24(28)30-14-16)33-25(34-23)15-6-8-17(27)9-7-15/h3-14H,1-2H3,(H2,28,30)(H,33,34)(H,29,31,32). The Kier molecular flexibility index (Phi) is 6.14. The predicted molar refractivity (Wildman–Crippen MR) is 135 cm³/mol. The van der Waals surface area contributed by atoms with Crippen LogP contribution >= 0.6 is 0 Å². The molecule has 10 heteroatoms. The normalized spacial score (nSPS) is 10.8. The minimum absolute atomic E-state index is 0.268. The third-order valence-corrected chi connectivity index (χ3v) is 5.43. The molecule has 3 aromatic heterocycles. The van der Waals surface area contributed by atoms with Gasteiger partial charge in [-0.1, -0.05) is 6.07 Å². The molecule has 0 aliphatic carbocycles. The number of anilines is 3. The van der Waals surface area contributed by atoms with Crippen LogP contribution in [0.25, 0.3) is 34.0 Å². The molecule has 0 bridgehead atoms. The Bertz CT molecular complexity index is 1520. The van der Waals surface area contributed by atoms with Gasteiger partial charge in [0.2, 0.25) is 5.95 Å². The molecule has 0 unspecified atom stereocenters. The van der Waals surface area contributed by atoms with Crippen molar-refractivity contribution in [3.8, 4) is 45.5 Å². The summed E-state index contributed by atoms with van der Waals surface area (Å²) in [6.45, 7) is 0. The van der Waals surface area contributed by atoms with Crippen LogP contribution in [0.3, 0.4) is 0 Å². The summed E-state index contributed by atoms with van der Waals surface area (Å²) in [6.07, 6.45) is 3.26. The Labute approximate surface area is 206 Å². The van der Waals surface area contributed by atoms with Crippen LogP contribution in [0.5, 0.6) is 11.5 Å². The van der Waals surface area contributed by atoms with Crippen molar-refractivity contribution in [3.63, 3.8) is 0 Å². The zero-order valence-corrected chi connectivity index (χ0v) is 19.5. The first-order valence-electron chi connectivity index (χ1n) is 10.9. The summed E-state index contributed by atoms with van der Waals surface area (Å²) in [4.78, 5) is 21.4. The van der Waals surface area contributed by atoms with Crippen molar-refractivity contribution in [1.82, 2.24) is 24.9 Å². The second-order valence-electron chi connectivity index (χ2n) is 7.75. The number of H-pyrrole nitrogens is 1. The van der Waals surface area contributed by atoms with Gasteiger partial charge in [0, 0.05) is 35.3 Å². The number of aromatic nitrogens is 5. The molecule has 0 saturated carbocycles. The topological polar surface area (TPSA) is 124 Å². The molecule has 0 amide bonds. The number of benzene rings is 2. The molecule has 0 spiro atoms. The fraction of sp³-hybridized carbons (Fsp3) is 0.0769. The van der Waals surface area contributed by atoms with E-state index in [-0.39, 0.29) is 11.6 Å². The number of ether oxygens (including phenoxy) is 2. The van der Waals surface area contributed by atoms with Crippen molar-refractivity contribution >= 4 is 17.5 Å².